The van der Waals surface area contributed by atoms with E-state index < -0.39 is 17.6 Å². The van der Waals surface area contributed by atoms with E-state index in [9.17, 15) is 18.0 Å². The topological polar surface area (TPSA) is 85.0 Å². The highest BCUT2D eigenvalue weighted by Gasteiger charge is 2.48. The highest BCUT2D eigenvalue weighted by molar-refractivity contribution is 6.10. The number of anilines is 1. The normalized spacial score (nSPS) is 23.5. The van der Waals surface area contributed by atoms with Crippen LogP contribution in [0.25, 0.3) is 0 Å². The second-order valence-corrected chi connectivity index (χ2v) is 13.1. The minimum atomic E-state index is -4.59. The Hall–Kier alpha value is -4.06. The lowest BCUT2D eigenvalue weighted by atomic mass is 9.58. The SMILES string of the molecule is CC1CC(c2cccc(N3Cc4c(cc(CN5CCn6nc(C7CC7)nc6C5)cc4C(F)(F)F)C3=O)c2)(c2nncn2C)C1. The van der Waals surface area contributed by atoms with E-state index in [1.54, 1.807) is 18.5 Å². The number of amides is 1. The van der Waals surface area contributed by atoms with Crippen molar-refractivity contribution in [3.63, 3.8) is 0 Å². The van der Waals surface area contributed by atoms with E-state index >= 15 is 0 Å². The minimum absolute atomic E-state index is 0.0318. The van der Waals surface area contributed by atoms with Crippen LogP contribution in [0.5, 0.6) is 0 Å². The lowest BCUT2D eigenvalue weighted by Gasteiger charge is -2.46. The third-order valence-electron chi connectivity index (χ3n) is 9.76. The van der Waals surface area contributed by atoms with Gasteiger partial charge in [0.15, 0.2) is 5.82 Å². The van der Waals surface area contributed by atoms with Crippen LogP contribution in [0.3, 0.4) is 0 Å². The Morgan fingerprint density at radius 1 is 1.07 bits per heavy atom. The summed E-state index contributed by atoms with van der Waals surface area (Å²) >= 11 is 0. The van der Waals surface area contributed by atoms with Crippen LogP contribution in [0.1, 0.15) is 88.6 Å². The zero-order chi connectivity index (χ0) is 30.4. The number of hydrogen-bond donors (Lipinski definition) is 0. The molecule has 12 heteroatoms. The molecule has 0 atom stereocenters. The first-order valence-corrected chi connectivity index (χ1v) is 15.2. The van der Waals surface area contributed by atoms with E-state index in [1.165, 1.54) is 11.0 Å². The smallest absolute Gasteiger partial charge is 0.320 e. The van der Waals surface area contributed by atoms with Crippen LogP contribution in [0.15, 0.2) is 42.7 Å². The molecule has 8 rings (SSSR count). The van der Waals surface area contributed by atoms with Gasteiger partial charge in [0.2, 0.25) is 0 Å². The van der Waals surface area contributed by atoms with Crippen molar-refractivity contribution in [3.05, 3.63) is 88.0 Å². The van der Waals surface area contributed by atoms with Gasteiger partial charge in [-0.25, -0.2) is 9.67 Å². The summed E-state index contributed by atoms with van der Waals surface area (Å²) in [5, 5.41) is 13.1. The molecule has 0 bridgehead atoms. The van der Waals surface area contributed by atoms with E-state index in [1.807, 2.05) is 34.5 Å². The summed E-state index contributed by atoms with van der Waals surface area (Å²) in [6.45, 7) is 4.16. The monoisotopic (exact) mass is 602 g/mol. The molecule has 2 aliphatic carbocycles. The second kappa shape index (κ2) is 9.72. The fourth-order valence-corrected chi connectivity index (χ4v) is 7.50. The van der Waals surface area contributed by atoms with Crippen molar-refractivity contribution >= 4 is 11.6 Å². The Bertz CT molecular complexity index is 1780. The first-order valence-electron chi connectivity index (χ1n) is 15.2. The summed E-state index contributed by atoms with van der Waals surface area (Å²) in [5.41, 5.74) is 1.12. The molecular weight excluding hydrogens is 569 g/mol. The number of alkyl halides is 3. The molecule has 2 aliphatic heterocycles. The van der Waals surface area contributed by atoms with E-state index in [0.29, 0.717) is 49.3 Å². The highest BCUT2D eigenvalue weighted by Crippen LogP contribution is 2.52. The zero-order valence-electron chi connectivity index (χ0n) is 24.7. The fourth-order valence-electron chi connectivity index (χ4n) is 7.50. The van der Waals surface area contributed by atoms with Gasteiger partial charge in [0.25, 0.3) is 5.91 Å². The molecule has 0 spiro atoms. The summed E-state index contributed by atoms with van der Waals surface area (Å²) in [5.74, 6) is 3.11. The summed E-state index contributed by atoms with van der Waals surface area (Å²) in [6, 6.07) is 10.5. The maximum atomic E-state index is 14.5. The molecule has 0 unspecified atom stereocenters. The quantitative estimate of drug-likeness (QED) is 0.302. The van der Waals surface area contributed by atoms with Crippen molar-refractivity contribution in [2.45, 2.75) is 76.3 Å². The zero-order valence-corrected chi connectivity index (χ0v) is 24.7. The minimum Gasteiger partial charge on any atom is -0.320 e. The molecule has 4 aromatic rings. The standard InChI is InChI=1S/C32H33F3N8O/c1-19-13-31(14-19,30-38-36-18-40(30)2)22-4-3-5-23(12-22)42-16-25-24(29(42)44)10-20(11-26(25)32(33,34)35)15-41-8-9-43-27(17-41)37-28(39-43)21-6-7-21/h3-5,10-12,18-19,21H,6-9,13-17H2,1-2H3. The number of halogens is 3. The highest BCUT2D eigenvalue weighted by atomic mass is 19.4. The van der Waals surface area contributed by atoms with Crippen LogP contribution in [0.2, 0.25) is 0 Å². The Labute approximate surface area is 252 Å². The molecule has 228 valence electrons. The van der Waals surface area contributed by atoms with Gasteiger partial charge < -0.3 is 9.47 Å². The number of aryl methyl sites for hydroxylation is 1. The first kappa shape index (κ1) is 27.5. The molecule has 2 aromatic heterocycles. The summed E-state index contributed by atoms with van der Waals surface area (Å²) < 4.78 is 47.2. The number of carbonyl (C=O) groups is 1. The van der Waals surface area contributed by atoms with Gasteiger partial charge >= 0.3 is 6.18 Å². The molecule has 44 heavy (non-hydrogen) atoms. The van der Waals surface area contributed by atoms with Crippen LogP contribution >= 0.6 is 0 Å². The van der Waals surface area contributed by atoms with E-state index in [4.69, 9.17) is 4.98 Å². The number of benzene rings is 2. The molecule has 4 aliphatic rings. The average molecular weight is 603 g/mol. The molecular formula is C32H33F3N8O. The molecule has 0 radical (unpaired) electrons. The Morgan fingerprint density at radius 3 is 2.59 bits per heavy atom. The third-order valence-corrected chi connectivity index (χ3v) is 9.76. The Balaban J connectivity index is 1.09. The van der Waals surface area contributed by atoms with Crippen LogP contribution in [-0.2, 0) is 44.8 Å². The summed E-state index contributed by atoms with van der Waals surface area (Å²) in [6.07, 6.45) is 1.08. The van der Waals surface area contributed by atoms with E-state index in [2.05, 4.69) is 27.1 Å². The number of fused-ring (bicyclic) bond motifs is 2. The largest absolute Gasteiger partial charge is 0.416 e. The average Bonchev–Trinajstić information content (AvgIpc) is 3.46. The van der Waals surface area contributed by atoms with Crippen LogP contribution in [0.4, 0.5) is 18.9 Å². The predicted molar refractivity (Wildman–Crippen MR) is 155 cm³/mol. The number of hydrogen-bond acceptors (Lipinski definition) is 6. The number of aromatic nitrogens is 6. The summed E-state index contributed by atoms with van der Waals surface area (Å²) in [7, 11) is 1.92. The number of nitrogens with zero attached hydrogens (tertiary/aromatic N) is 8. The molecule has 2 aromatic carbocycles. The maximum Gasteiger partial charge on any atom is 0.416 e. The Kier molecular flexibility index (Phi) is 6.07. The van der Waals surface area contributed by atoms with Crippen molar-refractivity contribution < 1.29 is 18.0 Å². The van der Waals surface area contributed by atoms with Crippen molar-refractivity contribution in [3.8, 4) is 0 Å². The predicted octanol–water partition coefficient (Wildman–Crippen LogP) is 5.20. The molecule has 1 amide bonds. The van der Waals surface area contributed by atoms with Crippen molar-refractivity contribution in [1.82, 2.24) is 34.4 Å². The van der Waals surface area contributed by atoms with Gasteiger partial charge in [-0.2, -0.15) is 18.3 Å². The molecule has 0 saturated heterocycles. The number of carbonyl (C=O) groups excluding carboxylic acids is 1. The second-order valence-electron chi connectivity index (χ2n) is 13.1. The van der Waals surface area contributed by atoms with Gasteiger partial charge in [0.05, 0.1) is 30.6 Å². The van der Waals surface area contributed by atoms with Crippen molar-refractivity contribution in [2.75, 3.05) is 11.4 Å². The van der Waals surface area contributed by atoms with Crippen molar-refractivity contribution in [1.29, 1.82) is 0 Å². The van der Waals surface area contributed by atoms with Crippen molar-refractivity contribution in [2.24, 2.45) is 13.0 Å². The van der Waals surface area contributed by atoms with Gasteiger partial charge in [-0.05, 0) is 72.6 Å². The van der Waals surface area contributed by atoms with Gasteiger partial charge in [-0.3, -0.25) is 9.69 Å². The molecule has 0 N–H and O–H groups in total. The van der Waals surface area contributed by atoms with Crippen LogP contribution in [0, 0.1) is 5.92 Å². The molecule has 2 saturated carbocycles. The van der Waals surface area contributed by atoms with Crippen LogP contribution < -0.4 is 4.90 Å². The lowest BCUT2D eigenvalue weighted by Crippen LogP contribution is -2.43. The molecule has 2 fully saturated rings. The number of rotatable bonds is 6. The molecule has 4 heterocycles. The molecule has 9 nitrogen and oxygen atoms in total. The van der Waals surface area contributed by atoms with Gasteiger partial charge in [-0.1, -0.05) is 19.1 Å². The third kappa shape index (κ3) is 4.44. The fraction of sp³-hybridized carbons (Fsp3) is 0.469. The Morgan fingerprint density at radius 2 is 1.89 bits per heavy atom. The van der Waals surface area contributed by atoms with Gasteiger partial charge in [-0.15, -0.1) is 10.2 Å². The van der Waals surface area contributed by atoms with E-state index in [0.717, 1.165) is 48.7 Å². The lowest BCUT2D eigenvalue weighted by molar-refractivity contribution is -0.138. The van der Waals surface area contributed by atoms with Gasteiger partial charge in [0, 0.05) is 37.3 Å². The van der Waals surface area contributed by atoms with E-state index in [-0.39, 0.29) is 23.1 Å². The van der Waals surface area contributed by atoms with Gasteiger partial charge in [0.1, 0.15) is 18.0 Å². The van der Waals surface area contributed by atoms with Crippen LogP contribution in [-0.4, -0.2) is 46.9 Å². The maximum absolute atomic E-state index is 14.5. The first-order chi connectivity index (χ1) is 21.1. The summed E-state index contributed by atoms with van der Waals surface area (Å²) in [4.78, 5) is 22.1.